The number of carbonyl (C=O) groups is 1. The van der Waals surface area contributed by atoms with Gasteiger partial charge in [-0.1, -0.05) is 19.0 Å². The average Bonchev–Trinajstić information content (AvgIpc) is 3.29. The molecule has 11 heteroatoms. The van der Waals surface area contributed by atoms with Crippen molar-refractivity contribution in [1.29, 1.82) is 0 Å². The normalized spacial score (nSPS) is 14.4. The summed E-state index contributed by atoms with van der Waals surface area (Å²) in [7, 11) is 0. The van der Waals surface area contributed by atoms with Crippen LogP contribution in [0.15, 0.2) is 29.0 Å². The minimum Gasteiger partial charge on any atom is -0.493 e. The highest BCUT2D eigenvalue weighted by molar-refractivity contribution is 5.88. The Labute approximate surface area is 207 Å². The molecule has 0 amide bonds. The number of nitrogens with zero attached hydrogens (tertiary/aromatic N) is 5. The largest absolute Gasteiger partial charge is 0.493 e. The van der Waals surface area contributed by atoms with Crippen LogP contribution in [0.4, 0.5) is 14.7 Å². The van der Waals surface area contributed by atoms with Gasteiger partial charge in [0, 0.05) is 44.0 Å². The summed E-state index contributed by atoms with van der Waals surface area (Å²) in [4.78, 5) is 26.4. The number of carboxylic acids is 1. The van der Waals surface area contributed by atoms with Gasteiger partial charge in [-0.05, 0) is 37.5 Å². The molecular formula is C25H29F2N5O4. The molecule has 192 valence electrons. The summed E-state index contributed by atoms with van der Waals surface area (Å²) >= 11 is 0. The molecule has 2 aromatic heterocycles. The number of hydrogen-bond acceptors (Lipinski definition) is 8. The summed E-state index contributed by atoms with van der Waals surface area (Å²) in [5.74, 6) is -1.25. The highest BCUT2D eigenvalue weighted by Crippen LogP contribution is 2.26. The second kappa shape index (κ2) is 11.4. The van der Waals surface area contributed by atoms with Gasteiger partial charge in [-0.25, -0.2) is 23.5 Å². The quantitative estimate of drug-likeness (QED) is 0.392. The second-order valence-corrected chi connectivity index (χ2v) is 9.37. The monoisotopic (exact) mass is 501 g/mol. The summed E-state index contributed by atoms with van der Waals surface area (Å²) in [5, 5.41) is 12.8. The maximum Gasteiger partial charge on any atom is 0.341 e. The molecule has 0 atom stereocenters. The average molecular weight is 502 g/mol. The van der Waals surface area contributed by atoms with Gasteiger partial charge in [0.1, 0.15) is 22.9 Å². The number of anilines is 1. The zero-order chi connectivity index (χ0) is 25.7. The summed E-state index contributed by atoms with van der Waals surface area (Å²) in [5.41, 5.74) is -0.261. The first-order chi connectivity index (χ1) is 17.3. The Morgan fingerprint density at radius 3 is 2.47 bits per heavy atom. The lowest BCUT2D eigenvalue weighted by atomic mass is 9.92. The van der Waals surface area contributed by atoms with Crippen LogP contribution in [0.2, 0.25) is 0 Å². The molecule has 1 saturated heterocycles. The van der Waals surface area contributed by atoms with Crippen molar-refractivity contribution in [3.63, 3.8) is 0 Å². The van der Waals surface area contributed by atoms with E-state index in [-0.39, 0.29) is 5.75 Å². The molecule has 0 aliphatic carbocycles. The molecule has 0 bridgehead atoms. The van der Waals surface area contributed by atoms with E-state index in [0.717, 1.165) is 57.3 Å². The summed E-state index contributed by atoms with van der Waals surface area (Å²) in [6, 6.07) is 1.80. The fourth-order valence-electron chi connectivity index (χ4n) is 4.23. The van der Waals surface area contributed by atoms with Gasteiger partial charge in [0.2, 0.25) is 17.7 Å². The maximum atomic E-state index is 13.8. The first kappa shape index (κ1) is 25.5. The highest BCUT2D eigenvalue weighted by Gasteiger charge is 2.22. The Morgan fingerprint density at radius 2 is 1.86 bits per heavy atom. The summed E-state index contributed by atoms with van der Waals surface area (Å²) < 4.78 is 38.2. The van der Waals surface area contributed by atoms with Gasteiger partial charge < -0.3 is 19.3 Å². The molecule has 36 heavy (non-hydrogen) atoms. The predicted molar refractivity (Wildman–Crippen MR) is 127 cm³/mol. The molecule has 1 aliphatic heterocycles. The molecule has 9 nitrogen and oxygen atoms in total. The molecule has 0 spiro atoms. The Hall–Kier alpha value is -3.63. The number of ether oxygens (including phenoxy) is 1. The van der Waals surface area contributed by atoms with E-state index in [2.05, 4.69) is 38.9 Å². The van der Waals surface area contributed by atoms with Crippen LogP contribution in [-0.4, -0.2) is 50.9 Å². The van der Waals surface area contributed by atoms with Gasteiger partial charge in [-0.3, -0.25) is 0 Å². The van der Waals surface area contributed by atoms with Crippen molar-refractivity contribution >= 4 is 11.9 Å². The number of hydrogen-bond donors (Lipinski definition) is 1. The molecule has 3 aromatic rings. The molecule has 0 radical (unpaired) electrons. The van der Waals surface area contributed by atoms with E-state index in [1.54, 1.807) is 12.4 Å². The lowest BCUT2D eigenvalue weighted by molar-refractivity contribution is 0.0686. The van der Waals surface area contributed by atoms with E-state index in [4.69, 9.17) is 14.4 Å². The number of aromatic nitrogens is 4. The number of rotatable bonds is 10. The van der Waals surface area contributed by atoms with Crippen LogP contribution in [0.25, 0.3) is 11.4 Å². The van der Waals surface area contributed by atoms with E-state index in [0.29, 0.717) is 41.7 Å². The first-order valence-electron chi connectivity index (χ1n) is 12.0. The Morgan fingerprint density at radius 1 is 1.19 bits per heavy atom. The number of halogens is 2. The van der Waals surface area contributed by atoms with Crippen molar-refractivity contribution in [1.82, 2.24) is 20.1 Å². The second-order valence-electron chi connectivity index (χ2n) is 9.37. The molecule has 3 heterocycles. The van der Waals surface area contributed by atoms with Crippen LogP contribution >= 0.6 is 0 Å². The molecule has 1 aromatic carbocycles. The Balaban J connectivity index is 1.20. The SMILES string of the molecule is CC(C)Cc1nc(-c2cnc(N3CCC(CCCOc4cc(F)c(C(=O)O)c(F)c4)CC3)nc2)no1. The van der Waals surface area contributed by atoms with Crippen LogP contribution in [0, 0.1) is 23.5 Å². The molecular weight excluding hydrogens is 472 g/mol. The van der Waals surface area contributed by atoms with E-state index in [1.165, 1.54) is 0 Å². The lowest BCUT2D eigenvalue weighted by Gasteiger charge is -2.32. The minimum atomic E-state index is -1.65. The van der Waals surface area contributed by atoms with Crippen molar-refractivity contribution in [2.75, 3.05) is 24.6 Å². The van der Waals surface area contributed by atoms with Gasteiger partial charge >= 0.3 is 5.97 Å². The number of piperidine rings is 1. The summed E-state index contributed by atoms with van der Waals surface area (Å²) in [6.07, 6.45) is 7.75. The number of benzene rings is 1. The lowest BCUT2D eigenvalue weighted by Crippen LogP contribution is -2.34. The highest BCUT2D eigenvalue weighted by atomic mass is 19.1. The third-order valence-electron chi connectivity index (χ3n) is 6.10. The first-order valence-corrected chi connectivity index (χ1v) is 12.0. The molecule has 1 N–H and O–H groups in total. The predicted octanol–water partition coefficient (Wildman–Crippen LogP) is 4.78. The smallest absolute Gasteiger partial charge is 0.341 e. The van der Waals surface area contributed by atoms with Crippen LogP contribution < -0.4 is 9.64 Å². The molecule has 0 unspecified atom stereocenters. The fraction of sp³-hybridized carbons (Fsp3) is 0.480. The van der Waals surface area contributed by atoms with Gasteiger partial charge in [0.25, 0.3) is 0 Å². The van der Waals surface area contributed by atoms with E-state index in [9.17, 15) is 13.6 Å². The van der Waals surface area contributed by atoms with Crippen LogP contribution in [0.5, 0.6) is 5.75 Å². The third kappa shape index (κ3) is 6.32. The number of aromatic carboxylic acids is 1. The molecule has 4 rings (SSSR count). The van der Waals surface area contributed by atoms with Crippen molar-refractivity contribution in [3.05, 3.63) is 47.6 Å². The topological polar surface area (TPSA) is 114 Å². The van der Waals surface area contributed by atoms with Gasteiger partial charge in [-0.15, -0.1) is 0 Å². The van der Waals surface area contributed by atoms with Crippen LogP contribution in [0.1, 0.15) is 55.8 Å². The Bertz CT molecular complexity index is 1150. The summed E-state index contributed by atoms with van der Waals surface area (Å²) in [6.45, 7) is 6.14. The zero-order valence-electron chi connectivity index (χ0n) is 20.3. The van der Waals surface area contributed by atoms with Crippen molar-refractivity contribution < 1.29 is 27.9 Å². The van der Waals surface area contributed by atoms with Crippen molar-refractivity contribution in [2.45, 2.75) is 46.0 Å². The van der Waals surface area contributed by atoms with Crippen LogP contribution in [0.3, 0.4) is 0 Å². The van der Waals surface area contributed by atoms with Crippen LogP contribution in [-0.2, 0) is 6.42 Å². The molecule has 1 aliphatic rings. The fourth-order valence-corrected chi connectivity index (χ4v) is 4.23. The Kier molecular flexibility index (Phi) is 8.07. The minimum absolute atomic E-state index is 0.0117. The van der Waals surface area contributed by atoms with Crippen molar-refractivity contribution in [3.8, 4) is 17.1 Å². The third-order valence-corrected chi connectivity index (χ3v) is 6.10. The molecule has 0 saturated carbocycles. The van der Waals surface area contributed by atoms with E-state index < -0.39 is 23.2 Å². The van der Waals surface area contributed by atoms with Gasteiger partial charge in [0.15, 0.2) is 0 Å². The van der Waals surface area contributed by atoms with Gasteiger partial charge in [0.05, 0.1) is 12.2 Å². The van der Waals surface area contributed by atoms with Gasteiger partial charge in [-0.2, -0.15) is 4.98 Å². The van der Waals surface area contributed by atoms with E-state index >= 15 is 0 Å². The number of carboxylic acid groups (broad SMARTS) is 1. The zero-order valence-corrected chi connectivity index (χ0v) is 20.3. The van der Waals surface area contributed by atoms with E-state index in [1.807, 2.05) is 0 Å². The standard InChI is InChI=1S/C25H29F2N5O4/c1-15(2)10-21-30-23(31-36-21)17-13-28-25(29-14-17)32-7-5-16(6-8-32)4-3-9-35-18-11-19(26)22(24(33)34)20(27)12-18/h11-16H,3-10H2,1-2H3,(H,33,34). The maximum absolute atomic E-state index is 13.8. The van der Waals surface area contributed by atoms with Crippen molar-refractivity contribution in [2.24, 2.45) is 11.8 Å². The molecule has 1 fully saturated rings.